The molecule has 3 amide bonds. The summed E-state index contributed by atoms with van der Waals surface area (Å²) in [6.45, 7) is 0.613. The van der Waals surface area contributed by atoms with Crippen LogP contribution >= 0.6 is 11.3 Å². The molecule has 6 rings (SSSR count). The van der Waals surface area contributed by atoms with Crippen LogP contribution in [0.1, 0.15) is 18.4 Å². The van der Waals surface area contributed by atoms with E-state index in [1.165, 1.54) is 41.8 Å². The number of carbonyl (C=O) groups excluding carboxylic acids is 2. The molecule has 3 aromatic heterocycles. The number of urea groups is 1. The Kier molecular flexibility index (Phi) is 8.13. The van der Waals surface area contributed by atoms with E-state index in [4.69, 9.17) is 4.74 Å². The van der Waals surface area contributed by atoms with Crippen molar-refractivity contribution in [3.63, 3.8) is 0 Å². The average molecular weight is 635 g/mol. The van der Waals surface area contributed by atoms with Gasteiger partial charge in [-0.3, -0.25) is 14.7 Å². The van der Waals surface area contributed by atoms with Gasteiger partial charge in [0, 0.05) is 37.0 Å². The summed E-state index contributed by atoms with van der Waals surface area (Å²) in [4.78, 5) is 39.4. The molecule has 228 valence electrons. The molecule has 9 nitrogen and oxygen atoms in total. The van der Waals surface area contributed by atoms with Gasteiger partial charge >= 0.3 is 12.2 Å². The zero-order chi connectivity index (χ0) is 31.6. The molecule has 45 heavy (non-hydrogen) atoms. The van der Waals surface area contributed by atoms with Crippen LogP contribution in [0.3, 0.4) is 0 Å². The van der Waals surface area contributed by atoms with Crippen LogP contribution in [0.2, 0.25) is 0 Å². The zero-order valence-corrected chi connectivity index (χ0v) is 24.0. The molecule has 14 heteroatoms. The lowest BCUT2D eigenvalue weighted by Gasteiger charge is -2.14. The third kappa shape index (κ3) is 6.75. The third-order valence-corrected chi connectivity index (χ3v) is 7.80. The van der Waals surface area contributed by atoms with E-state index in [9.17, 15) is 27.2 Å². The van der Waals surface area contributed by atoms with Crippen LogP contribution in [0.4, 0.5) is 38.9 Å². The van der Waals surface area contributed by atoms with Gasteiger partial charge in [0.05, 0.1) is 33.7 Å². The summed E-state index contributed by atoms with van der Waals surface area (Å²) in [7, 11) is 0. The number of amides is 3. The Morgan fingerprint density at radius 1 is 0.911 bits per heavy atom. The minimum absolute atomic E-state index is 0.0189. The average Bonchev–Trinajstić information content (AvgIpc) is 3.68. The first-order chi connectivity index (χ1) is 21.6. The summed E-state index contributed by atoms with van der Waals surface area (Å²) in [5.41, 5.74) is 0.289. The standard InChI is InChI=1S/C31H22F4N6O3S/c32-22-13-19(25-17-38-30(45-25)41-12-4-7-27(41)42)8-10-24(22)44-26-11-9-21(16-36-26)39-29(43)40-23-14-20(31(33,34)35)15-37-28(23)18-5-2-1-3-6-18/h1-3,5-6,8-11,13-17H,4,7,12H2,(H2,39,40,43). The molecule has 1 fully saturated rings. The van der Waals surface area contributed by atoms with Crippen molar-refractivity contribution in [1.29, 1.82) is 0 Å². The minimum atomic E-state index is -4.66. The van der Waals surface area contributed by atoms with Gasteiger partial charge in [-0.1, -0.05) is 41.7 Å². The van der Waals surface area contributed by atoms with Gasteiger partial charge < -0.3 is 15.4 Å². The number of anilines is 3. The van der Waals surface area contributed by atoms with Gasteiger partial charge in [0.1, 0.15) is 0 Å². The summed E-state index contributed by atoms with van der Waals surface area (Å²) < 4.78 is 60.5. The van der Waals surface area contributed by atoms with Gasteiger partial charge in [0.25, 0.3) is 0 Å². The zero-order valence-electron chi connectivity index (χ0n) is 23.1. The Balaban J connectivity index is 1.11. The van der Waals surface area contributed by atoms with E-state index in [2.05, 4.69) is 25.6 Å². The van der Waals surface area contributed by atoms with E-state index in [1.54, 1.807) is 47.5 Å². The van der Waals surface area contributed by atoms with Crippen LogP contribution in [0.5, 0.6) is 11.6 Å². The van der Waals surface area contributed by atoms with Crippen molar-refractivity contribution in [2.75, 3.05) is 22.1 Å². The molecule has 2 N–H and O–H groups in total. The van der Waals surface area contributed by atoms with Gasteiger partial charge in [-0.15, -0.1) is 0 Å². The molecule has 4 heterocycles. The van der Waals surface area contributed by atoms with Crippen molar-refractivity contribution in [3.05, 3.63) is 96.7 Å². The highest BCUT2D eigenvalue weighted by atomic mass is 32.1. The Morgan fingerprint density at radius 2 is 1.73 bits per heavy atom. The van der Waals surface area contributed by atoms with Crippen LogP contribution in [0.15, 0.2) is 85.3 Å². The van der Waals surface area contributed by atoms with E-state index < -0.39 is 23.6 Å². The van der Waals surface area contributed by atoms with Gasteiger partial charge in [0.15, 0.2) is 16.7 Å². The molecule has 0 atom stereocenters. The Morgan fingerprint density at radius 3 is 2.42 bits per heavy atom. The van der Waals surface area contributed by atoms with Crippen LogP contribution in [0, 0.1) is 5.82 Å². The van der Waals surface area contributed by atoms with Gasteiger partial charge in [-0.25, -0.2) is 19.2 Å². The van der Waals surface area contributed by atoms with Crippen LogP contribution in [-0.4, -0.2) is 33.4 Å². The van der Waals surface area contributed by atoms with E-state index in [-0.39, 0.29) is 34.6 Å². The number of halogens is 4. The first kappa shape index (κ1) is 29.7. The molecule has 0 saturated carbocycles. The number of aromatic nitrogens is 3. The summed E-state index contributed by atoms with van der Waals surface area (Å²) in [5, 5.41) is 5.50. The molecule has 5 aromatic rings. The third-order valence-electron chi connectivity index (χ3n) is 6.73. The highest BCUT2D eigenvalue weighted by Crippen LogP contribution is 2.36. The minimum Gasteiger partial charge on any atom is -0.436 e. The Labute approximate surface area is 257 Å². The predicted molar refractivity (Wildman–Crippen MR) is 161 cm³/mol. The second kappa shape index (κ2) is 12.3. The highest BCUT2D eigenvalue weighted by molar-refractivity contribution is 7.19. The second-order valence-electron chi connectivity index (χ2n) is 9.85. The summed E-state index contributed by atoms with van der Waals surface area (Å²) in [6, 6.07) is 15.7. The van der Waals surface area contributed by atoms with Crippen molar-refractivity contribution in [2.45, 2.75) is 19.0 Å². The molecule has 0 bridgehead atoms. The lowest BCUT2D eigenvalue weighted by molar-refractivity contribution is -0.137. The summed E-state index contributed by atoms with van der Waals surface area (Å²) in [6.07, 6.45) is 0.159. The SMILES string of the molecule is O=C(Nc1ccc(Oc2ccc(-c3cnc(N4CCCC4=O)s3)cc2F)nc1)Nc1cc(C(F)(F)F)cnc1-c1ccccc1. The maximum atomic E-state index is 14.9. The predicted octanol–water partition coefficient (Wildman–Crippen LogP) is 7.99. The number of hydrogen-bond acceptors (Lipinski definition) is 7. The number of pyridine rings is 2. The molecule has 0 unspecified atom stereocenters. The van der Waals surface area contributed by atoms with E-state index in [0.717, 1.165) is 12.5 Å². The number of ether oxygens (including phenoxy) is 1. The monoisotopic (exact) mass is 634 g/mol. The normalized spacial score (nSPS) is 13.2. The molecule has 1 aliphatic rings. The molecule has 1 saturated heterocycles. The Bertz CT molecular complexity index is 1870. The summed E-state index contributed by atoms with van der Waals surface area (Å²) in [5.74, 6) is -0.680. The first-order valence-corrected chi connectivity index (χ1v) is 14.4. The van der Waals surface area contributed by atoms with E-state index in [0.29, 0.717) is 40.3 Å². The van der Waals surface area contributed by atoms with Gasteiger partial charge in [0.2, 0.25) is 11.8 Å². The molecular formula is C31H22F4N6O3S. The quantitative estimate of drug-likeness (QED) is 0.176. The van der Waals surface area contributed by atoms with Crippen molar-refractivity contribution >= 4 is 39.8 Å². The van der Waals surface area contributed by atoms with E-state index in [1.807, 2.05) is 0 Å². The number of carbonyl (C=O) groups is 2. The molecule has 0 spiro atoms. The molecule has 2 aromatic carbocycles. The van der Waals surface area contributed by atoms with Crippen molar-refractivity contribution in [3.8, 4) is 33.3 Å². The molecular weight excluding hydrogens is 612 g/mol. The number of nitrogens with one attached hydrogen (secondary N) is 2. The van der Waals surface area contributed by atoms with Crippen molar-refractivity contribution in [1.82, 2.24) is 15.0 Å². The number of rotatable bonds is 7. The molecule has 0 radical (unpaired) electrons. The fourth-order valence-electron chi connectivity index (χ4n) is 4.56. The number of benzene rings is 2. The summed E-state index contributed by atoms with van der Waals surface area (Å²) >= 11 is 1.29. The van der Waals surface area contributed by atoms with Crippen LogP contribution < -0.4 is 20.3 Å². The number of alkyl halides is 3. The van der Waals surface area contributed by atoms with Crippen molar-refractivity contribution in [2.24, 2.45) is 0 Å². The largest absolute Gasteiger partial charge is 0.436 e. The maximum absolute atomic E-state index is 14.9. The Hall–Kier alpha value is -5.37. The number of nitrogens with zero attached hydrogens (tertiary/aromatic N) is 4. The highest BCUT2D eigenvalue weighted by Gasteiger charge is 2.32. The number of thiazole rings is 1. The maximum Gasteiger partial charge on any atom is 0.417 e. The fraction of sp³-hybridized carbons (Fsp3) is 0.129. The lowest BCUT2D eigenvalue weighted by Crippen LogP contribution is -2.23. The van der Waals surface area contributed by atoms with E-state index >= 15 is 0 Å². The van der Waals surface area contributed by atoms with Crippen molar-refractivity contribution < 1.29 is 31.9 Å². The number of hydrogen-bond donors (Lipinski definition) is 2. The van der Waals surface area contributed by atoms with Gasteiger partial charge in [-0.05, 0) is 42.3 Å². The van der Waals surface area contributed by atoms with Gasteiger partial charge in [-0.2, -0.15) is 13.2 Å². The molecule has 1 aliphatic heterocycles. The topological polar surface area (TPSA) is 109 Å². The lowest BCUT2D eigenvalue weighted by atomic mass is 10.1. The smallest absolute Gasteiger partial charge is 0.417 e. The molecule has 0 aliphatic carbocycles. The fourth-order valence-corrected chi connectivity index (χ4v) is 5.52. The van der Waals surface area contributed by atoms with Crippen LogP contribution in [0.25, 0.3) is 21.7 Å². The first-order valence-electron chi connectivity index (χ1n) is 13.5. The second-order valence-corrected chi connectivity index (χ2v) is 10.9. The van der Waals surface area contributed by atoms with Crippen LogP contribution in [-0.2, 0) is 11.0 Å².